The first-order valence-corrected chi connectivity index (χ1v) is 6.95. The van der Waals surface area contributed by atoms with Crippen molar-refractivity contribution >= 4 is 17.5 Å². The lowest BCUT2D eigenvalue weighted by Gasteiger charge is -2.27. The van der Waals surface area contributed by atoms with Gasteiger partial charge in [0.05, 0.1) is 17.9 Å². The van der Waals surface area contributed by atoms with Crippen molar-refractivity contribution < 1.29 is 13.7 Å². The van der Waals surface area contributed by atoms with Crippen LogP contribution >= 0.6 is 11.6 Å². The van der Waals surface area contributed by atoms with Gasteiger partial charge in [-0.1, -0.05) is 18.0 Å². The van der Waals surface area contributed by atoms with Gasteiger partial charge in [-0.25, -0.2) is 0 Å². The maximum atomic E-state index is 12.6. The van der Waals surface area contributed by atoms with E-state index >= 15 is 0 Å². The van der Waals surface area contributed by atoms with Crippen LogP contribution in [-0.2, 0) is 0 Å². The predicted molar refractivity (Wildman–Crippen MR) is 70.3 cm³/mol. The predicted octanol–water partition coefficient (Wildman–Crippen LogP) is 3.07. The minimum Gasteiger partial charge on any atom is -0.452 e. The number of hydrogen-bond acceptors (Lipinski definition) is 5. The number of nitrogens with zero attached hydrogens (tertiary/aromatic N) is 3. The summed E-state index contributed by atoms with van der Waals surface area (Å²) < 4.78 is 9.81. The molecule has 0 aliphatic carbocycles. The molecular weight excluding hydrogens is 282 g/mol. The molecule has 20 heavy (non-hydrogen) atoms. The first-order valence-electron chi connectivity index (χ1n) is 6.57. The number of carbonyl (C=O) groups is 1. The summed E-state index contributed by atoms with van der Waals surface area (Å²) in [4.78, 5) is 18.5. The van der Waals surface area contributed by atoms with Crippen molar-refractivity contribution in [3.63, 3.8) is 0 Å². The lowest BCUT2D eigenvalue weighted by molar-refractivity contribution is 0.0670. The molecule has 0 N–H and O–H groups in total. The molecule has 2 aromatic rings. The van der Waals surface area contributed by atoms with Crippen LogP contribution in [0.25, 0.3) is 0 Å². The lowest BCUT2D eigenvalue weighted by Crippen LogP contribution is -2.35. The molecule has 1 aliphatic rings. The zero-order valence-corrected chi connectivity index (χ0v) is 11.5. The van der Waals surface area contributed by atoms with Crippen molar-refractivity contribution in [3.8, 4) is 0 Å². The highest BCUT2D eigenvalue weighted by atomic mass is 35.5. The Morgan fingerprint density at radius 3 is 3.00 bits per heavy atom. The van der Waals surface area contributed by atoms with E-state index in [4.69, 9.17) is 20.5 Å². The second-order valence-corrected chi connectivity index (χ2v) is 5.10. The number of hydrogen-bond donors (Lipinski definition) is 0. The SMILES string of the molecule is O=C(c1ccoc1Cl)N1CCCCC[C@H]1c1ncon1. The molecule has 1 aliphatic heterocycles. The van der Waals surface area contributed by atoms with Gasteiger partial charge < -0.3 is 13.8 Å². The third-order valence-electron chi connectivity index (χ3n) is 3.54. The van der Waals surface area contributed by atoms with Crippen molar-refractivity contribution in [1.29, 1.82) is 0 Å². The number of likely N-dealkylation sites (tertiary alicyclic amines) is 1. The molecule has 0 saturated carbocycles. The number of carbonyl (C=O) groups excluding carboxylic acids is 1. The third kappa shape index (κ3) is 2.43. The van der Waals surface area contributed by atoms with E-state index in [1.54, 1.807) is 11.0 Å². The van der Waals surface area contributed by atoms with Crippen LogP contribution in [0.3, 0.4) is 0 Å². The zero-order chi connectivity index (χ0) is 13.9. The fourth-order valence-corrected chi connectivity index (χ4v) is 2.74. The topological polar surface area (TPSA) is 72.4 Å². The van der Waals surface area contributed by atoms with E-state index in [0.29, 0.717) is 17.9 Å². The van der Waals surface area contributed by atoms with Gasteiger partial charge in [0.15, 0.2) is 5.82 Å². The minimum atomic E-state index is -0.172. The van der Waals surface area contributed by atoms with Crippen molar-refractivity contribution in [2.45, 2.75) is 31.7 Å². The van der Waals surface area contributed by atoms with Crippen LogP contribution < -0.4 is 0 Å². The second-order valence-electron chi connectivity index (χ2n) is 4.76. The molecule has 3 rings (SSSR count). The summed E-state index contributed by atoms with van der Waals surface area (Å²) >= 11 is 5.90. The largest absolute Gasteiger partial charge is 0.452 e. The van der Waals surface area contributed by atoms with Gasteiger partial charge in [0, 0.05) is 6.54 Å². The van der Waals surface area contributed by atoms with Gasteiger partial charge in [0.1, 0.15) is 0 Å². The summed E-state index contributed by atoms with van der Waals surface area (Å²) in [5, 5.41) is 4.00. The molecule has 3 heterocycles. The van der Waals surface area contributed by atoms with Gasteiger partial charge in [0.25, 0.3) is 5.91 Å². The molecule has 6 nitrogen and oxygen atoms in total. The molecule has 0 aromatic carbocycles. The van der Waals surface area contributed by atoms with E-state index in [9.17, 15) is 4.79 Å². The monoisotopic (exact) mass is 295 g/mol. The van der Waals surface area contributed by atoms with Gasteiger partial charge in [-0.2, -0.15) is 4.98 Å². The average molecular weight is 296 g/mol. The molecule has 1 amide bonds. The molecule has 1 atom stereocenters. The van der Waals surface area contributed by atoms with Crippen LogP contribution in [0.2, 0.25) is 5.22 Å². The fraction of sp³-hybridized carbons (Fsp3) is 0.462. The quantitative estimate of drug-likeness (QED) is 0.851. The van der Waals surface area contributed by atoms with Crippen molar-refractivity contribution in [2.75, 3.05) is 6.54 Å². The van der Waals surface area contributed by atoms with E-state index in [0.717, 1.165) is 25.7 Å². The van der Waals surface area contributed by atoms with Crippen molar-refractivity contribution in [2.24, 2.45) is 0 Å². The van der Waals surface area contributed by atoms with Gasteiger partial charge in [-0.15, -0.1) is 0 Å². The molecule has 106 valence electrons. The Bertz CT molecular complexity index is 581. The van der Waals surface area contributed by atoms with Crippen LogP contribution in [-0.4, -0.2) is 27.5 Å². The Morgan fingerprint density at radius 2 is 2.30 bits per heavy atom. The summed E-state index contributed by atoms with van der Waals surface area (Å²) in [5.74, 6) is 0.389. The highest BCUT2D eigenvalue weighted by Crippen LogP contribution is 2.31. The van der Waals surface area contributed by atoms with E-state index in [2.05, 4.69) is 10.1 Å². The van der Waals surface area contributed by atoms with Gasteiger partial charge in [-0.3, -0.25) is 4.79 Å². The van der Waals surface area contributed by atoms with Crippen LogP contribution in [0, 0.1) is 0 Å². The van der Waals surface area contributed by atoms with Gasteiger partial charge in [-0.05, 0) is 30.5 Å². The molecule has 0 bridgehead atoms. The minimum absolute atomic E-state index is 0.117. The fourth-order valence-electron chi connectivity index (χ4n) is 2.55. The molecule has 2 aromatic heterocycles. The molecular formula is C13H14ClN3O3. The molecule has 1 fully saturated rings. The third-order valence-corrected chi connectivity index (χ3v) is 3.83. The molecule has 7 heteroatoms. The van der Waals surface area contributed by atoms with E-state index in [1.807, 2.05) is 0 Å². The standard InChI is InChI=1S/C13H14ClN3O3/c14-11-9(5-7-19-11)13(18)17-6-3-1-2-4-10(17)12-15-8-20-16-12/h5,7-8,10H,1-4,6H2/t10-/m0/s1. The summed E-state index contributed by atoms with van der Waals surface area (Å²) in [5.41, 5.74) is 0.377. The van der Waals surface area contributed by atoms with Crippen molar-refractivity contribution in [3.05, 3.63) is 35.3 Å². The Hall–Kier alpha value is -1.82. The number of furan rings is 1. The Morgan fingerprint density at radius 1 is 1.40 bits per heavy atom. The van der Waals surface area contributed by atoms with Crippen LogP contribution in [0.5, 0.6) is 0 Å². The summed E-state index contributed by atoms with van der Waals surface area (Å²) in [6, 6.07) is 1.41. The Kier molecular flexibility index (Phi) is 3.73. The summed E-state index contributed by atoms with van der Waals surface area (Å²) in [6.45, 7) is 0.652. The summed E-state index contributed by atoms with van der Waals surface area (Å²) in [7, 11) is 0. The van der Waals surface area contributed by atoms with Crippen LogP contribution in [0.15, 0.2) is 27.7 Å². The second kappa shape index (κ2) is 5.66. The van der Waals surface area contributed by atoms with Crippen molar-refractivity contribution in [1.82, 2.24) is 15.0 Å². The first-order chi connectivity index (χ1) is 9.77. The normalized spacial score (nSPS) is 19.9. The summed E-state index contributed by atoms with van der Waals surface area (Å²) in [6.07, 6.45) is 6.58. The van der Waals surface area contributed by atoms with E-state index in [-0.39, 0.29) is 17.2 Å². The van der Waals surface area contributed by atoms with Crippen LogP contribution in [0.1, 0.15) is 47.9 Å². The van der Waals surface area contributed by atoms with Gasteiger partial charge in [0.2, 0.25) is 11.6 Å². The van der Waals surface area contributed by atoms with E-state index in [1.165, 1.54) is 12.7 Å². The average Bonchev–Trinajstić information content (AvgIpc) is 3.05. The lowest BCUT2D eigenvalue weighted by atomic mass is 10.1. The number of halogens is 1. The zero-order valence-electron chi connectivity index (χ0n) is 10.8. The van der Waals surface area contributed by atoms with E-state index < -0.39 is 0 Å². The Balaban J connectivity index is 1.91. The van der Waals surface area contributed by atoms with Gasteiger partial charge >= 0.3 is 0 Å². The molecule has 0 spiro atoms. The first kappa shape index (κ1) is 13.2. The number of aromatic nitrogens is 2. The highest BCUT2D eigenvalue weighted by molar-refractivity contribution is 6.32. The highest BCUT2D eigenvalue weighted by Gasteiger charge is 2.31. The maximum absolute atomic E-state index is 12.6. The Labute approximate surface area is 120 Å². The smallest absolute Gasteiger partial charge is 0.259 e. The molecule has 0 radical (unpaired) electrons. The number of rotatable bonds is 2. The molecule has 0 unspecified atom stereocenters. The number of amides is 1. The maximum Gasteiger partial charge on any atom is 0.259 e. The van der Waals surface area contributed by atoms with Crippen LogP contribution in [0.4, 0.5) is 0 Å². The molecule has 1 saturated heterocycles.